The molecule has 0 bridgehead atoms. The lowest BCUT2D eigenvalue weighted by atomic mass is 9.94. The molecular weight excluding hydrogens is 449 g/mol. The highest BCUT2D eigenvalue weighted by Gasteiger charge is 2.25. The van der Waals surface area contributed by atoms with Gasteiger partial charge in [-0.25, -0.2) is 4.79 Å². The summed E-state index contributed by atoms with van der Waals surface area (Å²) in [5.41, 5.74) is 0.908. The maximum atomic E-state index is 12.6. The zero-order valence-corrected chi connectivity index (χ0v) is 20.3. The molecule has 0 amide bonds. The van der Waals surface area contributed by atoms with Crippen molar-refractivity contribution >= 4 is 19.5 Å². The second-order valence-electron chi connectivity index (χ2n) is 7.48. The van der Waals surface area contributed by atoms with E-state index in [4.69, 9.17) is 37.9 Å². The van der Waals surface area contributed by atoms with Crippen molar-refractivity contribution in [1.29, 1.82) is 0 Å². The molecule has 1 aromatic rings. The molecule has 0 N–H and O–H groups in total. The van der Waals surface area contributed by atoms with Gasteiger partial charge in [-0.2, -0.15) is 0 Å². The van der Waals surface area contributed by atoms with Gasteiger partial charge < -0.3 is 37.9 Å². The van der Waals surface area contributed by atoms with E-state index in [2.05, 4.69) is 5.18 Å². The molecule has 0 radical (unpaired) electrons. The molecule has 11 nitrogen and oxygen atoms in total. The van der Waals surface area contributed by atoms with Crippen LogP contribution in [0.4, 0.5) is 5.69 Å². The van der Waals surface area contributed by atoms with Crippen LogP contribution in [0.25, 0.3) is 0 Å². The Labute approximate surface area is 199 Å². The number of hydrogen-bond acceptors (Lipinski definition) is 11. The van der Waals surface area contributed by atoms with Crippen LogP contribution in [-0.4, -0.2) is 74.3 Å². The van der Waals surface area contributed by atoms with Crippen LogP contribution in [-0.2, 0) is 34.9 Å². The fourth-order valence-corrected chi connectivity index (χ4v) is 3.35. The van der Waals surface area contributed by atoms with Gasteiger partial charge in [-0.3, -0.25) is 0 Å². The van der Waals surface area contributed by atoms with Crippen LogP contribution >= 0.6 is 0 Å². The third kappa shape index (κ3) is 7.98. The lowest BCUT2D eigenvalue weighted by Crippen LogP contribution is -2.20. The number of nitroso groups, excluding NO2 is 1. The number of carbonyl (C=O) groups excluding carboxylic acids is 1. The molecule has 0 aromatic heterocycles. The SMILES string of the molecule is B/C(=C/CCC1OCCO1)C(=O)OC(C)Cc1c(OCOC)c(N=O)cc(OCOC)c1OC. The first-order valence-corrected chi connectivity index (χ1v) is 10.9. The third-order valence-electron chi connectivity index (χ3n) is 4.89. The van der Waals surface area contributed by atoms with E-state index in [9.17, 15) is 9.70 Å². The van der Waals surface area contributed by atoms with Gasteiger partial charge in [0.25, 0.3) is 0 Å². The van der Waals surface area contributed by atoms with Crippen molar-refractivity contribution in [2.45, 2.75) is 38.6 Å². The average molecular weight is 481 g/mol. The Morgan fingerprint density at radius 2 is 1.85 bits per heavy atom. The smallest absolute Gasteiger partial charge is 0.324 e. The van der Waals surface area contributed by atoms with E-state index in [1.54, 1.807) is 20.8 Å². The number of allylic oxidation sites excluding steroid dienone is 1. The van der Waals surface area contributed by atoms with Crippen LogP contribution in [0.5, 0.6) is 17.2 Å². The third-order valence-corrected chi connectivity index (χ3v) is 4.89. The maximum absolute atomic E-state index is 12.6. The molecule has 1 aromatic carbocycles. The number of methoxy groups -OCH3 is 3. The zero-order chi connectivity index (χ0) is 24.9. The minimum atomic E-state index is -0.590. The largest absolute Gasteiger partial charge is 0.492 e. The number of benzene rings is 1. The molecule has 1 aliphatic heterocycles. The molecule has 0 spiro atoms. The van der Waals surface area contributed by atoms with Gasteiger partial charge in [0.05, 0.1) is 20.3 Å². The summed E-state index contributed by atoms with van der Waals surface area (Å²) in [4.78, 5) is 24.1. The summed E-state index contributed by atoms with van der Waals surface area (Å²) in [6, 6.07) is 1.39. The number of rotatable bonds is 15. The van der Waals surface area contributed by atoms with Gasteiger partial charge in [-0.05, 0) is 24.0 Å². The summed E-state index contributed by atoms with van der Waals surface area (Å²) in [5.74, 6) is 0.247. The Morgan fingerprint density at radius 1 is 1.18 bits per heavy atom. The Kier molecular flexibility index (Phi) is 11.8. The van der Waals surface area contributed by atoms with E-state index in [0.717, 1.165) is 0 Å². The molecule has 34 heavy (non-hydrogen) atoms. The van der Waals surface area contributed by atoms with Gasteiger partial charge >= 0.3 is 5.97 Å². The van der Waals surface area contributed by atoms with E-state index in [1.165, 1.54) is 27.4 Å². The Balaban J connectivity index is 2.17. The van der Waals surface area contributed by atoms with Gasteiger partial charge in [-0.15, -0.1) is 4.91 Å². The normalized spacial score (nSPS) is 15.1. The van der Waals surface area contributed by atoms with Gasteiger partial charge in [0, 0.05) is 38.7 Å². The monoisotopic (exact) mass is 481 g/mol. The first kappa shape index (κ1) is 27.6. The second kappa shape index (κ2) is 14.6. The molecule has 2 rings (SSSR count). The van der Waals surface area contributed by atoms with E-state index in [-0.39, 0.29) is 43.5 Å². The van der Waals surface area contributed by atoms with Crippen LogP contribution in [0.3, 0.4) is 0 Å². The molecule has 1 unspecified atom stereocenters. The molecule has 1 fully saturated rings. The number of nitrogens with zero attached hydrogens (tertiary/aromatic N) is 1. The number of esters is 1. The summed E-state index contributed by atoms with van der Waals surface area (Å²) in [7, 11) is 6.06. The number of hydrogen-bond donors (Lipinski definition) is 0. The van der Waals surface area contributed by atoms with Gasteiger partial charge in [0.1, 0.15) is 14.0 Å². The van der Waals surface area contributed by atoms with Crippen LogP contribution in [0.2, 0.25) is 0 Å². The molecule has 1 aliphatic rings. The molecule has 0 aliphatic carbocycles. The quantitative estimate of drug-likeness (QED) is 0.121. The molecule has 188 valence electrons. The van der Waals surface area contributed by atoms with Crippen molar-refractivity contribution in [2.24, 2.45) is 5.18 Å². The highest BCUT2D eigenvalue weighted by Crippen LogP contribution is 2.45. The van der Waals surface area contributed by atoms with Gasteiger partial charge in [-0.1, -0.05) is 6.08 Å². The molecule has 0 saturated carbocycles. The van der Waals surface area contributed by atoms with E-state index in [1.807, 2.05) is 0 Å². The molecule has 1 heterocycles. The van der Waals surface area contributed by atoms with Crippen molar-refractivity contribution in [3.63, 3.8) is 0 Å². The highest BCUT2D eigenvalue weighted by atomic mass is 16.7. The minimum absolute atomic E-state index is 0.00935. The van der Waals surface area contributed by atoms with E-state index >= 15 is 0 Å². The minimum Gasteiger partial charge on any atom is -0.492 e. The van der Waals surface area contributed by atoms with Crippen molar-refractivity contribution in [2.75, 3.05) is 48.1 Å². The maximum Gasteiger partial charge on any atom is 0.324 e. The summed E-state index contributed by atoms with van der Waals surface area (Å²) >= 11 is 0. The second-order valence-corrected chi connectivity index (χ2v) is 7.48. The van der Waals surface area contributed by atoms with Crippen LogP contribution in [0.15, 0.2) is 22.8 Å². The van der Waals surface area contributed by atoms with Crippen molar-refractivity contribution in [3.8, 4) is 17.2 Å². The Morgan fingerprint density at radius 3 is 2.47 bits per heavy atom. The predicted molar refractivity (Wildman–Crippen MR) is 124 cm³/mol. The molecular formula is C22H32BNO10. The standard InChI is InChI=1S/C22H32BNO10/c1-14(34-22(25)16(23)6-5-7-19-30-8-9-31-19)10-15-20(33-13-28-3)17(24-26)11-18(21(15)29-4)32-12-27-2/h6,11,14,19H,5,7-10,12-13,23H2,1-4H3/b16-6+. The van der Waals surface area contributed by atoms with Crippen molar-refractivity contribution < 1.29 is 42.7 Å². The molecule has 12 heteroatoms. The number of carbonyl (C=O) groups is 1. The number of ether oxygens (including phenoxy) is 8. The van der Waals surface area contributed by atoms with E-state index in [0.29, 0.717) is 42.8 Å². The van der Waals surface area contributed by atoms with Crippen LogP contribution in [0, 0.1) is 4.91 Å². The van der Waals surface area contributed by atoms with Gasteiger partial charge in [0.2, 0.25) is 0 Å². The first-order chi connectivity index (χ1) is 16.4. The lowest BCUT2D eigenvalue weighted by molar-refractivity contribution is -0.142. The van der Waals surface area contributed by atoms with Gasteiger partial charge in [0.15, 0.2) is 42.8 Å². The highest BCUT2D eigenvalue weighted by molar-refractivity contribution is 6.35. The summed E-state index contributed by atoms with van der Waals surface area (Å²) < 4.78 is 43.0. The fourth-order valence-electron chi connectivity index (χ4n) is 3.35. The van der Waals surface area contributed by atoms with E-state index < -0.39 is 12.1 Å². The zero-order valence-electron chi connectivity index (χ0n) is 20.3. The van der Waals surface area contributed by atoms with Crippen LogP contribution < -0.4 is 14.2 Å². The summed E-state index contributed by atoms with van der Waals surface area (Å²) in [6.45, 7) is 2.71. The Hall–Kier alpha value is -2.67. The first-order valence-electron chi connectivity index (χ1n) is 10.9. The van der Waals surface area contributed by atoms with Crippen LogP contribution in [0.1, 0.15) is 25.3 Å². The molecule has 1 saturated heterocycles. The average Bonchev–Trinajstić information content (AvgIpc) is 3.34. The predicted octanol–water partition coefficient (Wildman–Crippen LogP) is 2.20. The lowest BCUT2D eigenvalue weighted by Gasteiger charge is -2.21. The molecule has 1 atom stereocenters. The fraction of sp³-hybridized carbons (Fsp3) is 0.591. The van der Waals surface area contributed by atoms with Crippen molar-refractivity contribution in [3.05, 3.63) is 28.1 Å². The van der Waals surface area contributed by atoms with Crippen molar-refractivity contribution in [1.82, 2.24) is 0 Å². The topological polar surface area (TPSA) is 120 Å². The Bertz CT molecular complexity index is 841. The summed E-state index contributed by atoms with van der Waals surface area (Å²) in [6.07, 6.45) is 2.42. The summed E-state index contributed by atoms with van der Waals surface area (Å²) in [5, 5.41) is 3.05.